The number of benzene rings is 2. The van der Waals surface area contributed by atoms with Crippen molar-refractivity contribution < 1.29 is 28.9 Å². The fourth-order valence-electron chi connectivity index (χ4n) is 4.06. The van der Waals surface area contributed by atoms with Gasteiger partial charge in [-0.2, -0.15) is 0 Å². The van der Waals surface area contributed by atoms with Gasteiger partial charge in [-0.15, -0.1) is 0 Å². The number of aromatic nitrogens is 2. The monoisotopic (exact) mass is 480 g/mol. The number of carbonyl (C=O) groups is 2. The molecule has 2 heterocycles. The Morgan fingerprint density at radius 1 is 1.17 bits per heavy atom. The summed E-state index contributed by atoms with van der Waals surface area (Å²) in [7, 11) is 4.90. The standard InChI is InChI=1S/C25H28N4O6/c1-28-11-10-26-22(28)13-29-19(14-30)24(35-15-23(29)31)16-4-7-18(8-5-16)27-25(32)17-6-9-20(33-2)21(12-17)34-3/h4-12,19,24,30H,13-15H2,1-3H3,(H,27,32)/t19-,24-/m1/s1. The summed E-state index contributed by atoms with van der Waals surface area (Å²) >= 11 is 0. The third kappa shape index (κ3) is 5.13. The largest absolute Gasteiger partial charge is 0.493 e. The van der Waals surface area contributed by atoms with Gasteiger partial charge in [0.1, 0.15) is 18.5 Å². The van der Waals surface area contributed by atoms with E-state index in [0.717, 1.165) is 5.56 Å². The molecule has 184 valence electrons. The molecule has 2 atom stereocenters. The first-order valence-corrected chi connectivity index (χ1v) is 11.1. The summed E-state index contributed by atoms with van der Waals surface area (Å²) in [5.74, 6) is 1.21. The van der Waals surface area contributed by atoms with Crippen LogP contribution in [0.25, 0.3) is 0 Å². The van der Waals surface area contributed by atoms with Crippen LogP contribution in [0, 0.1) is 0 Å². The molecular formula is C25H28N4O6. The lowest BCUT2D eigenvalue weighted by Crippen LogP contribution is -2.52. The van der Waals surface area contributed by atoms with Crippen LogP contribution in [0.5, 0.6) is 11.5 Å². The number of nitrogens with zero attached hydrogens (tertiary/aromatic N) is 3. The molecule has 35 heavy (non-hydrogen) atoms. The maximum absolute atomic E-state index is 12.7. The highest BCUT2D eigenvalue weighted by Gasteiger charge is 2.37. The van der Waals surface area contributed by atoms with Crippen LogP contribution in [0.3, 0.4) is 0 Å². The Hall–Kier alpha value is -3.89. The van der Waals surface area contributed by atoms with E-state index in [9.17, 15) is 14.7 Å². The number of aliphatic hydroxyl groups excluding tert-OH is 1. The molecule has 0 unspecified atom stereocenters. The van der Waals surface area contributed by atoms with E-state index in [-0.39, 0.29) is 31.6 Å². The van der Waals surface area contributed by atoms with Gasteiger partial charge in [0.15, 0.2) is 11.5 Å². The maximum Gasteiger partial charge on any atom is 0.255 e. The third-order valence-corrected chi connectivity index (χ3v) is 6.02. The molecule has 1 aliphatic rings. The molecule has 0 bridgehead atoms. The molecule has 3 aromatic rings. The van der Waals surface area contributed by atoms with E-state index < -0.39 is 12.1 Å². The van der Waals surface area contributed by atoms with Crippen LogP contribution >= 0.6 is 0 Å². The molecule has 2 aromatic carbocycles. The third-order valence-electron chi connectivity index (χ3n) is 6.02. The van der Waals surface area contributed by atoms with E-state index in [0.29, 0.717) is 28.6 Å². The van der Waals surface area contributed by atoms with Crippen molar-refractivity contribution in [1.29, 1.82) is 0 Å². The van der Waals surface area contributed by atoms with Gasteiger partial charge in [-0.1, -0.05) is 12.1 Å². The van der Waals surface area contributed by atoms with Crippen molar-refractivity contribution in [3.05, 3.63) is 71.8 Å². The van der Waals surface area contributed by atoms with Gasteiger partial charge in [-0.05, 0) is 35.9 Å². The van der Waals surface area contributed by atoms with Crippen molar-refractivity contribution in [2.75, 3.05) is 32.8 Å². The topological polar surface area (TPSA) is 115 Å². The number of hydrogen-bond acceptors (Lipinski definition) is 7. The van der Waals surface area contributed by atoms with Gasteiger partial charge in [0.25, 0.3) is 5.91 Å². The number of ether oxygens (including phenoxy) is 3. The molecule has 2 amide bonds. The van der Waals surface area contributed by atoms with Gasteiger partial charge in [-0.3, -0.25) is 9.59 Å². The number of carbonyl (C=O) groups excluding carboxylic acids is 2. The summed E-state index contributed by atoms with van der Waals surface area (Å²) in [4.78, 5) is 31.2. The van der Waals surface area contributed by atoms with Crippen LogP contribution in [-0.2, 0) is 23.1 Å². The highest BCUT2D eigenvalue weighted by molar-refractivity contribution is 6.04. The molecule has 10 nitrogen and oxygen atoms in total. The van der Waals surface area contributed by atoms with Crippen molar-refractivity contribution in [2.24, 2.45) is 7.05 Å². The average Bonchev–Trinajstić information content (AvgIpc) is 3.29. The van der Waals surface area contributed by atoms with Crippen LogP contribution in [0.4, 0.5) is 5.69 Å². The number of rotatable bonds is 8. The predicted octanol–water partition coefficient (Wildman–Crippen LogP) is 2.15. The van der Waals surface area contributed by atoms with Crippen molar-refractivity contribution in [3.8, 4) is 11.5 Å². The van der Waals surface area contributed by atoms with Crippen molar-refractivity contribution in [1.82, 2.24) is 14.5 Å². The Bertz CT molecular complexity index is 1190. The minimum atomic E-state index is -0.569. The van der Waals surface area contributed by atoms with Crippen molar-refractivity contribution >= 4 is 17.5 Å². The number of nitrogens with one attached hydrogen (secondary N) is 1. The highest BCUT2D eigenvalue weighted by atomic mass is 16.5. The van der Waals surface area contributed by atoms with E-state index in [1.165, 1.54) is 14.2 Å². The van der Waals surface area contributed by atoms with Gasteiger partial charge >= 0.3 is 0 Å². The summed E-state index contributed by atoms with van der Waals surface area (Å²) in [5, 5.41) is 13.0. The zero-order valence-corrected chi connectivity index (χ0v) is 19.8. The van der Waals surface area contributed by atoms with E-state index >= 15 is 0 Å². The summed E-state index contributed by atoms with van der Waals surface area (Å²) in [6, 6.07) is 11.5. The molecule has 1 fully saturated rings. The molecule has 0 saturated carbocycles. The minimum Gasteiger partial charge on any atom is -0.493 e. The van der Waals surface area contributed by atoms with Crippen molar-refractivity contribution in [2.45, 2.75) is 18.7 Å². The van der Waals surface area contributed by atoms with Crippen LogP contribution < -0.4 is 14.8 Å². The van der Waals surface area contributed by atoms with Crippen LogP contribution in [0.1, 0.15) is 27.8 Å². The Kier molecular flexibility index (Phi) is 7.33. The Morgan fingerprint density at radius 3 is 2.54 bits per heavy atom. The fraction of sp³-hybridized carbons (Fsp3) is 0.320. The smallest absolute Gasteiger partial charge is 0.255 e. The number of aryl methyl sites for hydroxylation is 1. The minimum absolute atomic E-state index is 0.0939. The molecule has 0 radical (unpaired) electrons. The van der Waals surface area contributed by atoms with E-state index in [1.807, 2.05) is 23.7 Å². The quantitative estimate of drug-likeness (QED) is 0.508. The second-order valence-electron chi connectivity index (χ2n) is 8.10. The normalized spacial score (nSPS) is 17.8. The number of hydrogen-bond donors (Lipinski definition) is 2. The first kappa shape index (κ1) is 24.2. The van der Waals surface area contributed by atoms with Gasteiger partial charge in [0, 0.05) is 30.7 Å². The first-order chi connectivity index (χ1) is 16.9. The van der Waals surface area contributed by atoms with E-state index in [2.05, 4.69) is 10.3 Å². The first-order valence-electron chi connectivity index (χ1n) is 11.1. The molecular weight excluding hydrogens is 452 g/mol. The Balaban J connectivity index is 1.48. The van der Waals surface area contributed by atoms with Gasteiger partial charge in [0.05, 0.1) is 33.4 Å². The SMILES string of the molecule is COc1ccc(C(=O)Nc2ccc([C@H]3OCC(=O)N(Cc4nccn4C)[C@@H]3CO)cc2)cc1OC. The number of amides is 2. The second-order valence-corrected chi connectivity index (χ2v) is 8.10. The molecule has 2 N–H and O–H groups in total. The number of anilines is 1. The zero-order valence-electron chi connectivity index (χ0n) is 19.8. The van der Waals surface area contributed by atoms with E-state index in [1.54, 1.807) is 47.6 Å². The van der Waals surface area contributed by atoms with Crippen LogP contribution in [-0.4, -0.2) is 64.8 Å². The maximum atomic E-state index is 12.7. The molecule has 0 aliphatic carbocycles. The lowest BCUT2D eigenvalue weighted by Gasteiger charge is -2.40. The Morgan fingerprint density at radius 2 is 1.91 bits per heavy atom. The Labute approximate surface area is 203 Å². The number of aliphatic hydroxyl groups is 1. The molecule has 1 aliphatic heterocycles. The van der Waals surface area contributed by atoms with Gasteiger partial charge < -0.3 is 34.1 Å². The molecule has 4 rings (SSSR count). The van der Waals surface area contributed by atoms with Gasteiger partial charge in [0.2, 0.25) is 5.91 Å². The predicted molar refractivity (Wildman–Crippen MR) is 127 cm³/mol. The summed E-state index contributed by atoms with van der Waals surface area (Å²) in [5.41, 5.74) is 1.79. The zero-order chi connectivity index (χ0) is 24.9. The lowest BCUT2D eigenvalue weighted by molar-refractivity contribution is -0.162. The summed E-state index contributed by atoms with van der Waals surface area (Å²) in [6.07, 6.45) is 2.95. The highest BCUT2D eigenvalue weighted by Crippen LogP contribution is 2.31. The fourth-order valence-corrected chi connectivity index (χ4v) is 4.06. The lowest BCUT2D eigenvalue weighted by atomic mass is 9.99. The molecule has 0 spiro atoms. The van der Waals surface area contributed by atoms with E-state index in [4.69, 9.17) is 14.2 Å². The second kappa shape index (κ2) is 10.6. The number of morpholine rings is 1. The molecule has 10 heteroatoms. The summed E-state index contributed by atoms with van der Waals surface area (Å²) in [6.45, 7) is -0.0884. The van der Waals surface area contributed by atoms with Crippen LogP contribution in [0.15, 0.2) is 54.9 Å². The number of methoxy groups -OCH3 is 2. The molecule has 1 aromatic heterocycles. The van der Waals surface area contributed by atoms with Crippen LogP contribution in [0.2, 0.25) is 0 Å². The molecule has 1 saturated heterocycles. The van der Waals surface area contributed by atoms with Gasteiger partial charge in [-0.25, -0.2) is 4.98 Å². The number of imidazole rings is 1. The van der Waals surface area contributed by atoms with Crippen molar-refractivity contribution in [3.63, 3.8) is 0 Å². The average molecular weight is 481 g/mol. The summed E-state index contributed by atoms with van der Waals surface area (Å²) < 4.78 is 18.1.